The number of hydrogen-bond donors (Lipinski definition) is 1. The SMILES string of the molecule is Cn1c(C(F)(F)F)cc(=O)n(-c2cc(SCCCCC(=O)O)c(Cl)cc2F)c1=O. The number of hydrogen-bond acceptors (Lipinski definition) is 4. The lowest BCUT2D eigenvalue weighted by atomic mass is 10.2. The second-order valence-electron chi connectivity index (χ2n) is 5.98. The summed E-state index contributed by atoms with van der Waals surface area (Å²) in [5, 5.41) is 8.60. The highest BCUT2D eigenvalue weighted by molar-refractivity contribution is 7.99. The van der Waals surface area contributed by atoms with Gasteiger partial charge in [-0.3, -0.25) is 14.2 Å². The molecule has 0 bridgehead atoms. The number of carbonyl (C=O) groups is 1. The van der Waals surface area contributed by atoms with Gasteiger partial charge in [0, 0.05) is 24.4 Å². The van der Waals surface area contributed by atoms with Crippen LogP contribution in [0.3, 0.4) is 0 Å². The van der Waals surface area contributed by atoms with Gasteiger partial charge < -0.3 is 5.11 Å². The van der Waals surface area contributed by atoms with Crippen molar-refractivity contribution in [3.63, 3.8) is 0 Å². The molecule has 0 radical (unpaired) electrons. The van der Waals surface area contributed by atoms with Crippen molar-refractivity contribution in [2.45, 2.75) is 30.3 Å². The fourth-order valence-corrected chi connectivity index (χ4v) is 3.75. The monoisotopic (exact) mass is 454 g/mol. The Morgan fingerprint density at radius 1 is 1.21 bits per heavy atom. The molecule has 0 aliphatic carbocycles. The van der Waals surface area contributed by atoms with Crippen molar-refractivity contribution in [2.75, 3.05) is 5.75 Å². The minimum Gasteiger partial charge on any atom is -0.481 e. The highest BCUT2D eigenvalue weighted by atomic mass is 35.5. The first-order valence-electron chi connectivity index (χ1n) is 8.17. The van der Waals surface area contributed by atoms with E-state index in [0.29, 0.717) is 28.1 Å². The molecule has 0 amide bonds. The highest BCUT2D eigenvalue weighted by Crippen LogP contribution is 2.32. The van der Waals surface area contributed by atoms with E-state index in [4.69, 9.17) is 16.7 Å². The van der Waals surface area contributed by atoms with Gasteiger partial charge in [0.05, 0.1) is 10.7 Å². The summed E-state index contributed by atoms with van der Waals surface area (Å²) < 4.78 is 53.8. The number of carboxylic acid groups (broad SMARTS) is 1. The molecule has 0 aliphatic rings. The Balaban J connectivity index is 2.43. The molecule has 0 saturated carbocycles. The Morgan fingerprint density at radius 3 is 2.45 bits per heavy atom. The molecule has 2 rings (SSSR count). The van der Waals surface area contributed by atoms with E-state index in [1.165, 1.54) is 0 Å². The maximum absolute atomic E-state index is 14.4. The lowest BCUT2D eigenvalue weighted by Crippen LogP contribution is -2.41. The Hall–Kier alpha value is -2.27. The fourth-order valence-electron chi connectivity index (χ4n) is 2.48. The maximum atomic E-state index is 14.4. The molecule has 1 N–H and O–H groups in total. The molecule has 6 nitrogen and oxygen atoms in total. The van der Waals surface area contributed by atoms with E-state index in [1.54, 1.807) is 0 Å². The standard InChI is InChI=1S/C17H15ClF4N2O4S/c1-23-13(17(20,21)22)8-14(25)24(16(23)28)11-7-12(9(18)6-10(11)19)29-5-3-2-4-15(26)27/h6-8H,2-5H2,1H3,(H,26,27). The van der Waals surface area contributed by atoms with Crippen LogP contribution >= 0.6 is 23.4 Å². The van der Waals surface area contributed by atoms with E-state index in [1.807, 2.05) is 0 Å². The molecule has 0 saturated heterocycles. The molecule has 0 spiro atoms. The summed E-state index contributed by atoms with van der Waals surface area (Å²) in [5.41, 5.74) is -4.67. The van der Waals surface area contributed by atoms with Crippen LogP contribution in [0.5, 0.6) is 0 Å². The number of rotatable bonds is 7. The molecule has 0 atom stereocenters. The minimum atomic E-state index is -4.93. The predicted octanol–water partition coefficient (Wildman–Crippen LogP) is 3.69. The van der Waals surface area contributed by atoms with Gasteiger partial charge in [-0.1, -0.05) is 11.6 Å². The minimum absolute atomic E-state index is 0.00808. The van der Waals surface area contributed by atoms with Gasteiger partial charge in [-0.2, -0.15) is 13.2 Å². The van der Waals surface area contributed by atoms with Crippen LogP contribution in [0.25, 0.3) is 5.69 Å². The number of aliphatic carboxylic acids is 1. The van der Waals surface area contributed by atoms with E-state index >= 15 is 0 Å². The zero-order valence-electron chi connectivity index (χ0n) is 14.9. The van der Waals surface area contributed by atoms with Crippen LogP contribution in [0, 0.1) is 5.82 Å². The van der Waals surface area contributed by atoms with Crippen molar-refractivity contribution in [1.29, 1.82) is 0 Å². The summed E-state index contributed by atoms with van der Waals surface area (Å²) in [4.78, 5) is 35.3. The summed E-state index contributed by atoms with van der Waals surface area (Å²) in [5.74, 6) is -1.56. The van der Waals surface area contributed by atoms with E-state index in [2.05, 4.69) is 0 Å². The number of aromatic nitrogens is 2. The molecule has 1 heterocycles. The lowest BCUT2D eigenvalue weighted by molar-refractivity contribution is -0.144. The van der Waals surface area contributed by atoms with E-state index < -0.39 is 40.6 Å². The van der Waals surface area contributed by atoms with Crippen molar-refractivity contribution in [3.05, 3.63) is 55.6 Å². The van der Waals surface area contributed by atoms with Crippen molar-refractivity contribution < 1.29 is 27.5 Å². The van der Waals surface area contributed by atoms with Crippen molar-refractivity contribution in [1.82, 2.24) is 9.13 Å². The number of alkyl halides is 3. The van der Waals surface area contributed by atoms with Crippen LogP contribution in [0.4, 0.5) is 17.6 Å². The van der Waals surface area contributed by atoms with Gasteiger partial charge in [-0.05, 0) is 30.7 Å². The lowest BCUT2D eigenvalue weighted by Gasteiger charge is -2.15. The van der Waals surface area contributed by atoms with Gasteiger partial charge in [-0.15, -0.1) is 11.8 Å². The fraction of sp³-hybridized carbons (Fsp3) is 0.353. The second-order valence-corrected chi connectivity index (χ2v) is 7.52. The normalized spacial score (nSPS) is 11.7. The topological polar surface area (TPSA) is 81.3 Å². The van der Waals surface area contributed by atoms with Crippen molar-refractivity contribution >= 4 is 29.3 Å². The Kier molecular flexibility index (Phi) is 7.17. The summed E-state index contributed by atoms with van der Waals surface area (Å²) in [6.07, 6.45) is -4.02. The van der Waals surface area contributed by atoms with Crippen LogP contribution < -0.4 is 11.2 Å². The molecule has 0 aliphatic heterocycles. The van der Waals surface area contributed by atoms with Crippen LogP contribution in [0.1, 0.15) is 25.0 Å². The molecule has 0 unspecified atom stereocenters. The average Bonchev–Trinajstić information content (AvgIpc) is 2.59. The maximum Gasteiger partial charge on any atom is 0.431 e. The quantitative estimate of drug-likeness (QED) is 0.392. The predicted molar refractivity (Wildman–Crippen MR) is 99.5 cm³/mol. The Bertz CT molecular complexity index is 1050. The molecule has 2 aromatic rings. The first kappa shape index (κ1) is 23.0. The smallest absolute Gasteiger partial charge is 0.431 e. The first-order chi connectivity index (χ1) is 13.4. The van der Waals surface area contributed by atoms with Gasteiger partial charge >= 0.3 is 17.8 Å². The van der Waals surface area contributed by atoms with Crippen molar-refractivity contribution in [2.24, 2.45) is 7.05 Å². The zero-order valence-corrected chi connectivity index (χ0v) is 16.5. The van der Waals surface area contributed by atoms with Crippen LogP contribution in [-0.2, 0) is 18.0 Å². The number of thioether (sulfide) groups is 1. The molecule has 0 fully saturated rings. The number of unbranched alkanes of at least 4 members (excludes halogenated alkanes) is 1. The summed E-state index contributed by atoms with van der Waals surface area (Å²) >= 11 is 7.12. The Labute approximate surface area is 170 Å². The summed E-state index contributed by atoms with van der Waals surface area (Å²) in [6, 6.07) is 2.18. The second kappa shape index (κ2) is 9.04. The third-order valence-electron chi connectivity index (χ3n) is 3.90. The third kappa shape index (κ3) is 5.41. The molecule has 158 valence electrons. The van der Waals surface area contributed by atoms with Gasteiger partial charge in [0.1, 0.15) is 11.5 Å². The molecule has 1 aromatic heterocycles. The van der Waals surface area contributed by atoms with E-state index in [0.717, 1.165) is 30.9 Å². The average molecular weight is 455 g/mol. The molecular weight excluding hydrogens is 440 g/mol. The van der Waals surface area contributed by atoms with Gasteiger partial charge in [0.15, 0.2) is 0 Å². The first-order valence-corrected chi connectivity index (χ1v) is 9.54. The number of halogens is 5. The highest BCUT2D eigenvalue weighted by Gasteiger charge is 2.35. The number of benzene rings is 1. The van der Waals surface area contributed by atoms with Crippen molar-refractivity contribution in [3.8, 4) is 5.69 Å². The van der Waals surface area contributed by atoms with E-state index in [9.17, 15) is 31.9 Å². The molecule has 12 heteroatoms. The largest absolute Gasteiger partial charge is 0.481 e. The van der Waals surface area contributed by atoms with Gasteiger partial charge in [-0.25, -0.2) is 13.8 Å². The van der Waals surface area contributed by atoms with Gasteiger partial charge in [0.2, 0.25) is 0 Å². The molecule has 29 heavy (non-hydrogen) atoms. The van der Waals surface area contributed by atoms with Crippen LogP contribution in [0.15, 0.2) is 32.7 Å². The number of nitrogens with zero attached hydrogens (tertiary/aromatic N) is 2. The zero-order chi connectivity index (χ0) is 21.9. The molecular formula is C17H15ClF4N2O4S. The third-order valence-corrected chi connectivity index (χ3v) is 5.46. The van der Waals surface area contributed by atoms with Crippen LogP contribution in [0.2, 0.25) is 5.02 Å². The summed E-state index contributed by atoms with van der Waals surface area (Å²) in [6.45, 7) is 0. The molecule has 1 aromatic carbocycles. The Morgan fingerprint density at radius 2 is 1.86 bits per heavy atom. The van der Waals surface area contributed by atoms with E-state index in [-0.39, 0.29) is 22.1 Å². The number of carboxylic acids is 1. The summed E-state index contributed by atoms with van der Waals surface area (Å²) in [7, 11) is 0.826. The van der Waals surface area contributed by atoms with Gasteiger partial charge in [0.25, 0.3) is 5.56 Å². The van der Waals surface area contributed by atoms with Crippen LogP contribution in [-0.4, -0.2) is 26.0 Å².